The van der Waals surface area contributed by atoms with E-state index >= 15 is 0 Å². The highest BCUT2D eigenvalue weighted by Gasteiger charge is 2.56. The Morgan fingerprint density at radius 3 is 2.77 bits per heavy atom. The van der Waals surface area contributed by atoms with E-state index in [0.29, 0.717) is 30.6 Å². The molecule has 1 saturated carbocycles. The van der Waals surface area contributed by atoms with Crippen molar-refractivity contribution < 1.29 is 9.13 Å². The van der Waals surface area contributed by atoms with E-state index in [1.165, 1.54) is 15.4 Å². The van der Waals surface area contributed by atoms with Crippen molar-refractivity contribution in [2.75, 3.05) is 13.2 Å². The minimum Gasteiger partial charge on any atom is -0.381 e. The lowest BCUT2D eigenvalue weighted by Crippen LogP contribution is -2.26. The van der Waals surface area contributed by atoms with Crippen LogP contribution in [0.15, 0.2) is 23.0 Å². The quantitative estimate of drug-likeness (QED) is 0.679. The molecule has 134 valence electrons. The molecule has 0 spiro atoms. The van der Waals surface area contributed by atoms with Crippen LogP contribution in [0.4, 0.5) is 4.39 Å². The van der Waals surface area contributed by atoms with Gasteiger partial charge in [0.15, 0.2) is 16.2 Å². The molecule has 3 atom stereocenters. The average molecular weight is 396 g/mol. The van der Waals surface area contributed by atoms with Crippen LogP contribution in [-0.2, 0) is 11.3 Å². The lowest BCUT2D eigenvalue weighted by atomic mass is 10.2. The Kier molecular flexibility index (Phi) is 3.57. The maximum absolute atomic E-state index is 14.1. The van der Waals surface area contributed by atoms with Crippen LogP contribution in [0, 0.1) is 17.7 Å². The summed E-state index contributed by atoms with van der Waals surface area (Å²) >= 11 is 12.1. The normalized spacial score (nSPS) is 24.2. The number of hydrogen-bond donors (Lipinski definition) is 0. The van der Waals surface area contributed by atoms with Gasteiger partial charge in [0.2, 0.25) is 0 Å². The van der Waals surface area contributed by atoms with Crippen LogP contribution in [-0.4, -0.2) is 38.0 Å². The monoisotopic (exact) mass is 395 g/mol. The van der Waals surface area contributed by atoms with Gasteiger partial charge >= 0.3 is 0 Å². The molecule has 7 nitrogen and oxygen atoms in total. The van der Waals surface area contributed by atoms with Crippen LogP contribution < -0.4 is 5.56 Å². The van der Waals surface area contributed by atoms with E-state index in [1.807, 2.05) is 0 Å². The van der Waals surface area contributed by atoms with E-state index in [-0.39, 0.29) is 39.4 Å². The Bertz CT molecular complexity index is 1090. The maximum atomic E-state index is 14.1. The number of halogens is 3. The SMILES string of the molecule is O=c1c2nn(Cc3cccc(Cl)c3F)c(Cl)c2nnn1C1[C@H]2COC[C@@H]12. The molecule has 2 aromatic heterocycles. The first-order chi connectivity index (χ1) is 12.6. The number of nitrogens with zero attached hydrogens (tertiary/aromatic N) is 5. The molecule has 5 rings (SSSR count). The summed E-state index contributed by atoms with van der Waals surface area (Å²) in [6.07, 6.45) is 0. The molecule has 1 aliphatic carbocycles. The van der Waals surface area contributed by atoms with Gasteiger partial charge in [-0.1, -0.05) is 40.5 Å². The number of fused-ring (bicyclic) bond motifs is 2. The van der Waals surface area contributed by atoms with Crippen LogP contribution in [0.25, 0.3) is 11.0 Å². The summed E-state index contributed by atoms with van der Waals surface area (Å²) in [4.78, 5) is 12.8. The minimum absolute atomic E-state index is 0.00227. The first-order valence-corrected chi connectivity index (χ1v) is 8.84. The Morgan fingerprint density at radius 1 is 1.23 bits per heavy atom. The van der Waals surface area contributed by atoms with Crippen molar-refractivity contribution in [3.05, 3.63) is 50.1 Å². The molecule has 1 aliphatic heterocycles. The number of benzene rings is 1. The Morgan fingerprint density at radius 2 is 2.00 bits per heavy atom. The third-order valence-corrected chi connectivity index (χ3v) is 5.73. The highest BCUT2D eigenvalue weighted by molar-refractivity contribution is 6.33. The van der Waals surface area contributed by atoms with Crippen LogP contribution in [0.2, 0.25) is 10.2 Å². The summed E-state index contributed by atoms with van der Waals surface area (Å²) < 4.78 is 22.2. The fourth-order valence-electron chi connectivity index (χ4n) is 3.61. The molecular formula is C16H12Cl2FN5O2. The summed E-state index contributed by atoms with van der Waals surface area (Å²) in [5.41, 5.74) is 0.298. The summed E-state index contributed by atoms with van der Waals surface area (Å²) in [5.74, 6) is 0.0641. The van der Waals surface area contributed by atoms with Gasteiger partial charge in [-0.05, 0) is 6.07 Å². The van der Waals surface area contributed by atoms with Gasteiger partial charge in [-0.3, -0.25) is 4.79 Å². The van der Waals surface area contributed by atoms with Crippen LogP contribution >= 0.6 is 23.2 Å². The minimum atomic E-state index is -0.543. The zero-order valence-electron chi connectivity index (χ0n) is 13.3. The lowest BCUT2D eigenvalue weighted by molar-refractivity contribution is 0.149. The topological polar surface area (TPSA) is 74.8 Å². The number of hydrogen-bond acceptors (Lipinski definition) is 5. The van der Waals surface area contributed by atoms with Gasteiger partial charge in [0.05, 0.1) is 30.8 Å². The second-order valence-electron chi connectivity index (χ2n) is 6.55. The maximum Gasteiger partial charge on any atom is 0.298 e. The second kappa shape index (κ2) is 5.73. The van der Waals surface area contributed by atoms with Crippen molar-refractivity contribution >= 4 is 34.2 Å². The zero-order valence-corrected chi connectivity index (χ0v) is 14.8. The van der Waals surface area contributed by atoms with Gasteiger partial charge in [0, 0.05) is 17.4 Å². The molecule has 1 unspecified atom stereocenters. The van der Waals surface area contributed by atoms with Crippen molar-refractivity contribution in [1.82, 2.24) is 24.8 Å². The molecular weight excluding hydrogens is 384 g/mol. The third-order valence-electron chi connectivity index (χ3n) is 5.06. The average Bonchev–Trinajstić information content (AvgIpc) is 2.96. The molecule has 10 heteroatoms. The standard InChI is InChI=1S/C16H12Cl2FN5O2/c17-10-3-1-2-7(11(10)19)4-23-15(18)12-13(21-23)16(25)24(22-20-12)14-8-5-26-6-9(8)14/h1-3,8-9,14H,4-6H2/t8-,9+,14?. The Balaban J connectivity index is 1.56. The van der Waals surface area contributed by atoms with Crippen molar-refractivity contribution in [2.24, 2.45) is 11.8 Å². The summed E-state index contributed by atoms with van der Waals surface area (Å²) in [6, 6.07) is 4.68. The fraction of sp³-hybridized carbons (Fsp3) is 0.375. The van der Waals surface area contributed by atoms with Crippen LogP contribution in [0.5, 0.6) is 0 Å². The Labute approximate surface area is 156 Å². The van der Waals surface area contributed by atoms with E-state index in [9.17, 15) is 9.18 Å². The first-order valence-electron chi connectivity index (χ1n) is 8.08. The van der Waals surface area contributed by atoms with Crippen molar-refractivity contribution in [2.45, 2.75) is 12.6 Å². The lowest BCUT2D eigenvalue weighted by Gasteiger charge is -2.05. The van der Waals surface area contributed by atoms with Gasteiger partial charge in [0.25, 0.3) is 5.56 Å². The Hall–Kier alpha value is -2.03. The van der Waals surface area contributed by atoms with Crippen LogP contribution in [0.3, 0.4) is 0 Å². The third kappa shape index (κ3) is 2.29. The fourth-order valence-corrected chi connectivity index (χ4v) is 4.03. The molecule has 0 amide bonds. The molecule has 0 bridgehead atoms. The molecule has 3 aromatic rings. The summed E-state index contributed by atoms with van der Waals surface area (Å²) in [5, 5.41) is 12.5. The molecule has 2 fully saturated rings. The van der Waals surface area contributed by atoms with Gasteiger partial charge in [-0.15, -0.1) is 5.10 Å². The number of rotatable bonds is 3. The van der Waals surface area contributed by atoms with Gasteiger partial charge in [-0.2, -0.15) is 5.10 Å². The second-order valence-corrected chi connectivity index (χ2v) is 7.32. The van der Waals surface area contributed by atoms with Gasteiger partial charge in [0.1, 0.15) is 5.82 Å². The summed E-state index contributed by atoms with van der Waals surface area (Å²) in [6.45, 7) is 1.29. The van der Waals surface area contributed by atoms with Crippen molar-refractivity contribution in [3.63, 3.8) is 0 Å². The largest absolute Gasteiger partial charge is 0.381 e. The van der Waals surface area contributed by atoms with Gasteiger partial charge in [-0.25, -0.2) is 13.8 Å². The summed E-state index contributed by atoms with van der Waals surface area (Å²) in [7, 11) is 0. The van der Waals surface area contributed by atoms with Gasteiger partial charge < -0.3 is 4.74 Å². The molecule has 1 saturated heterocycles. The number of aromatic nitrogens is 5. The molecule has 26 heavy (non-hydrogen) atoms. The molecule has 0 radical (unpaired) electrons. The van der Waals surface area contributed by atoms with Crippen molar-refractivity contribution in [3.8, 4) is 0 Å². The van der Waals surface area contributed by atoms with Crippen molar-refractivity contribution in [1.29, 1.82) is 0 Å². The van der Waals surface area contributed by atoms with E-state index in [0.717, 1.165) is 0 Å². The van der Waals surface area contributed by atoms with E-state index in [2.05, 4.69) is 15.4 Å². The van der Waals surface area contributed by atoms with E-state index < -0.39 is 5.82 Å². The van der Waals surface area contributed by atoms with E-state index in [4.69, 9.17) is 27.9 Å². The zero-order chi connectivity index (χ0) is 18.0. The number of ether oxygens (including phenoxy) is 1. The van der Waals surface area contributed by atoms with E-state index in [1.54, 1.807) is 12.1 Å². The predicted octanol–water partition coefficient (Wildman–Crippen LogP) is 2.30. The molecule has 1 aromatic carbocycles. The van der Waals surface area contributed by atoms with Crippen LogP contribution in [0.1, 0.15) is 11.6 Å². The highest BCUT2D eigenvalue weighted by Crippen LogP contribution is 2.53. The molecule has 2 aliphatic rings. The molecule has 0 N–H and O–H groups in total. The predicted molar refractivity (Wildman–Crippen MR) is 91.9 cm³/mol. The highest BCUT2D eigenvalue weighted by atomic mass is 35.5. The first kappa shape index (κ1) is 16.2. The smallest absolute Gasteiger partial charge is 0.298 e. The molecule has 3 heterocycles.